The molecule has 0 radical (unpaired) electrons. The van der Waals surface area contributed by atoms with Crippen LogP contribution in [0.4, 0.5) is 0 Å². The van der Waals surface area contributed by atoms with Crippen molar-refractivity contribution in [3.05, 3.63) is 52.7 Å². The first-order valence-corrected chi connectivity index (χ1v) is 6.91. The highest BCUT2D eigenvalue weighted by molar-refractivity contribution is 7.07. The summed E-state index contributed by atoms with van der Waals surface area (Å²) in [6, 6.07) is 10.2. The first-order valence-electron chi connectivity index (χ1n) is 5.97. The van der Waals surface area contributed by atoms with E-state index >= 15 is 0 Å². The Bertz CT molecular complexity index is 583. The van der Waals surface area contributed by atoms with Crippen molar-refractivity contribution in [3.63, 3.8) is 0 Å². The summed E-state index contributed by atoms with van der Waals surface area (Å²) in [7, 11) is 0. The van der Waals surface area contributed by atoms with Gasteiger partial charge in [0.1, 0.15) is 11.3 Å². The van der Waals surface area contributed by atoms with Crippen LogP contribution in [0.2, 0.25) is 0 Å². The topological polar surface area (TPSA) is 38.1 Å². The van der Waals surface area contributed by atoms with Gasteiger partial charge in [-0.2, -0.15) is 0 Å². The van der Waals surface area contributed by atoms with Gasteiger partial charge >= 0.3 is 0 Å². The molecule has 3 rings (SSSR count). The lowest BCUT2D eigenvalue weighted by molar-refractivity contribution is 0.514. The van der Waals surface area contributed by atoms with Gasteiger partial charge in [0.05, 0.1) is 17.7 Å². The summed E-state index contributed by atoms with van der Waals surface area (Å²) >= 11 is 1.64. The Kier molecular flexibility index (Phi) is 3.39. The van der Waals surface area contributed by atoms with Gasteiger partial charge in [0.25, 0.3) is 0 Å². The maximum Gasteiger partial charge on any atom is 0.134 e. The highest BCUT2D eigenvalue weighted by Gasteiger charge is 2.02. The van der Waals surface area contributed by atoms with Crippen molar-refractivity contribution < 1.29 is 4.42 Å². The maximum atomic E-state index is 5.73. The normalized spacial score (nSPS) is 11.1. The molecule has 0 aliphatic heterocycles. The molecule has 0 unspecified atom stereocenters. The largest absolute Gasteiger partial charge is 0.460 e. The molecule has 1 aromatic carbocycles. The van der Waals surface area contributed by atoms with Gasteiger partial charge in [-0.1, -0.05) is 18.2 Å². The number of hydrogen-bond donors (Lipinski definition) is 1. The summed E-state index contributed by atoms with van der Waals surface area (Å²) in [5.41, 5.74) is 3.97. The number of thiazole rings is 1. The minimum Gasteiger partial charge on any atom is -0.460 e. The second kappa shape index (κ2) is 5.33. The van der Waals surface area contributed by atoms with Crippen molar-refractivity contribution in [2.75, 3.05) is 6.54 Å². The fourth-order valence-corrected chi connectivity index (χ4v) is 2.51. The van der Waals surface area contributed by atoms with Crippen molar-refractivity contribution in [2.24, 2.45) is 0 Å². The number of hydrogen-bond acceptors (Lipinski definition) is 4. The number of nitrogens with zero attached hydrogens (tertiary/aromatic N) is 1. The minimum absolute atomic E-state index is 0.763. The van der Waals surface area contributed by atoms with Crippen molar-refractivity contribution in [1.82, 2.24) is 10.3 Å². The van der Waals surface area contributed by atoms with Crippen LogP contribution in [0.3, 0.4) is 0 Å². The van der Waals surface area contributed by atoms with E-state index in [0.29, 0.717) is 0 Å². The van der Waals surface area contributed by atoms with E-state index in [1.807, 2.05) is 23.7 Å². The van der Waals surface area contributed by atoms with Gasteiger partial charge in [-0.3, -0.25) is 0 Å². The molecule has 0 saturated heterocycles. The van der Waals surface area contributed by atoms with E-state index in [4.69, 9.17) is 4.42 Å². The summed E-state index contributed by atoms with van der Waals surface area (Å²) in [6.45, 7) is 1.68. The van der Waals surface area contributed by atoms with Crippen LogP contribution in [-0.4, -0.2) is 11.5 Å². The third kappa shape index (κ3) is 2.60. The summed E-state index contributed by atoms with van der Waals surface area (Å²) in [4.78, 5) is 4.25. The molecule has 2 aromatic heterocycles. The van der Waals surface area contributed by atoms with Gasteiger partial charge in [0, 0.05) is 23.7 Å². The zero-order valence-electron chi connectivity index (χ0n) is 9.93. The number of nitrogens with one attached hydrogen (secondary N) is 1. The van der Waals surface area contributed by atoms with Crippen LogP contribution in [0.25, 0.3) is 11.0 Å². The standard InChI is InChI=1S/C14H14N2OS/c1-2-4-14-11(3-1)7-13(17-14)8-15-6-5-12-9-18-10-16-12/h1-4,7,9-10,15H,5-6,8H2. The second-order valence-electron chi connectivity index (χ2n) is 4.16. The Morgan fingerprint density at radius 1 is 1.28 bits per heavy atom. The van der Waals surface area contributed by atoms with Crippen molar-refractivity contribution in [2.45, 2.75) is 13.0 Å². The monoisotopic (exact) mass is 258 g/mol. The molecule has 92 valence electrons. The first kappa shape index (κ1) is 11.4. The summed E-state index contributed by atoms with van der Waals surface area (Å²) in [6.07, 6.45) is 0.962. The minimum atomic E-state index is 0.763. The predicted molar refractivity (Wildman–Crippen MR) is 73.7 cm³/mol. The van der Waals surface area contributed by atoms with Gasteiger partial charge in [-0.05, 0) is 12.1 Å². The lowest BCUT2D eigenvalue weighted by Crippen LogP contribution is -2.16. The Balaban J connectivity index is 1.53. The fraction of sp³-hybridized carbons (Fsp3) is 0.214. The SMILES string of the molecule is c1ccc2oc(CNCCc3cscn3)cc2c1. The molecule has 0 atom stereocenters. The number of para-hydroxylation sites is 1. The number of benzene rings is 1. The molecule has 0 bridgehead atoms. The smallest absolute Gasteiger partial charge is 0.134 e. The summed E-state index contributed by atoms with van der Waals surface area (Å²) in [5, 5.41) is 6.62. The average molecular weight is 258 g/mol. The molecular weight excluding hydrogens is 244 g/mol. The van der Waals surface area contributed by atoms with E-state index in [-0.39, 0.29) is 0 Å². The molecule has 0 amide bonds. The first-order chi connectivity index (χ1) is 8.92. The van der Waals surface area contributed by atoms with E-state index in [1.165, 1.54) is 0 Å². The van der Waals surface area contributed by atoms with Crippen LogP contribution in [0.1, 0.15) is 11.5 Å². The maximum absolute atomic E-state index is 5.73. The Morgan fingerprint density at radius 3 is 3.06 bits per heavy atom. The van der Waals surface area contributed by atoms with Gasteiger partial charge in [0.15, 0.2) is 0 Å². The van der Waals surface area contributed by atoms with E-state index in [9.17, 15) is 0 Å². The van der Waals surface area contributed by atoms with Crippen molar-refractivity contribution >= 4 is 22.3 Å². The third-order valence-corrected chi connectivity index (χ3v) is 3.45. The number of furan rings is 1. The molecule has 18 heavy (non-hydrogen) atoms. The van der Waals surface area contributed by atoms with Gasteiger partial charge in [0.2, 0.25) is 0 Å². The zero-order valence-corrected chi connectivity index (χ0v) is 10.7. The summed E-state index contributed by atoms with van der Waals surface area (Å²) < 4.78 is 5.73. The van der Waals surface area contributed by atoms with Crippen LogP contribution in [0.5, 0.6) is 0 Å². The van der Waals surface area contributed by atoms with Crippen molar-refractivity contribution in [1.29, 1.82) is 0 Å². The van der Waals surface area contributed by atoms with E-state index in [2.05, 4.69) is 27.8 Å². The van der Waals surface area contributed by atoms with Crippen LogP contribution in [0, 0.1) is 0 Å². The van der Waals surface area contributed by atoms with Gasteiger partial charge < -0.3 is 9.73 Å². The quantitative estimate of drug-likeness (QED) is 0.714. The molecule has 3 nitrogen and oxygen atoms in total. The molecule has 0 spiro atoms. The molecule has 0 fully saturated rings. The Labute approximate surface area is 109 Å². The molecule has 0 aliphatic carbocycles. The highest BCUT2D eigenvalue weighted by atomic mass is 32.1. The average Bonchev–Trinajstić information content (AvgIpc) is 3.03. The van der Waals surface area contributed by atoms with E-state index in [0.717, 1.165) is 41.9 Å². The highest BCUT2D eigenvalue weighted by Crippen LogP contribution is 2.18. The molecule has 2 heterocycles. The van der Waals surface area contributed by atoms with Gasteiger partial charge in [-0.15, -0.1) is 11.3 Å². The van der Waals surface area contributed by atoms with Crippen LogP contribution >= 0.6 is 11.3 Å². The molecule has 3 aromatic rings. The number of rotatable bonds is 5. The molecule has 0 aliphatic rings. The molecular formula is C14H14N2OS. The summed E-state index contributed by atoms with van der Waals surface area (Å²) in [5.74, 6) is 0.981. The Morgan fingerprint density at radius 2 is 2.22 bits per heavy atom. The lowest BCUT2D eigenvalue weighted by Gasteiger charge is -2.00. The van der Waals surface area contributed by atoms with Crippen LogP contribution in [-0.2, 0) is 13.0 Å². The van der Waals surface area contributed by atoms with Crippen LogP contribution in [0.15, 0.2) is 45.6 Å². The number of fused-ring (bicyclic) bond motifs is 1. The van der Waals surface area contributed by atoms with E-state index < -0.39 is 0 Å². The molecule has 1 N–H and O–H groups in total. The number of aromatic nitrogens is 1. The van der Waals surface area contributed by atoms with E-state index in [1.54, 1.807) is 11.3 Å². The fourth-order valence-electron chi connectivity index (χ4n) is 1.91. The second-order valence-corrected chi connectivity index (χ2v) is 4.88. The zero-order chi connectivity index (χ0) is 12.2. The van der Waals surface area contributed by atoms with Crippen LogP contribution < -0.4 is 5.32 Å². The van der Waals surface area contributed by atoms with Gasteiger partial charge in [-0.25, -0.2) is 4.98 Å². The Hall–Kier alpha value is -1.65. The molecule has 4 heteroatoms. The third-order valence-electron chi connectivity index (χ3n) is 2.82. The molecule has 0 saturated carbocycles. The lowest BCUT2D eigenvalue weighted by atomic mass is 10.2. The van der Waals surface area contributed by atoms with Crippen molar-refractivity contribution in [3.8, 4) is 0 Å². The predicted octanol–water partition coefficient (Wildman–Crippen LogP) is 3.22.